The van der Waals surface area contributed by atoms with E-state index in [4.69, 9.17) is 9.47 Å². The van der Waals surface area contributed by atoms with E-state index in [0.29, 0.717) is 34.6 Å². The molecule has 36 heavy (non-hydrogen) atoms. The van der Waals surface area contributed by atoms with E-state index in [2.05, 4.69) is 43.3 Å². The van der Waals surface area contributed by atoms with E-state index in [1.807, 2.05) is 30.5 Å². The number of carbonyl (C=O) groups excluding carboxylic acids is 2. The fraction of sp³-hybridized carbons (Fsp3) is 0.280. The van der Waals surface area contributed by atoms with Gasteiger partial charge in [0.05, 0.1) is 26.5 Å². The van der Waals surface area contributed by atoms with Gasteiger partial charge in [0.2, 0.25) is 5.91 Å². The number of nitrogens with one attached hydrogen (secondary N) is 2. The summed E-state index contributed by atoms with van der Waals surface area (Å²) >= 11 is 4.73. The van der Waals surface area contributed by atoms with Gasteiger partial charge in [-0.3, -0.25) is 9.59 Å². The minimum atomic E-state index is -0.294. The zero-order valence-corrected chi connectivity index (χ0v) is 23.0. The average Bonchev–Trinajstić information content (AvgIpc) is 3.24. The summed E-state index contributed by atoms with van der Waals surface area (Å²) in [4.78, 5) is 25.3. The van der Waals surface area contributed by atoms with Gasteiger partial charge in [0.15, 0.2) is 22.5 Å². The SMILES string of the molecule is C=CCn1c(CNC(=O)c2ccc(OC)c(OC)c2)nnc1SCC(=O)Nc1c(C)cc(Br)cc1C. The van der Waals surface area contributed by atoms with Gasteiger partial charge in [0.25, 0.3) is 5.91 Å². The second-order valence-corrected chi connectivity index (χ2v) is 9.66. The summed E-state index contributed by atoms with van der Waals surface area (Å²) in [5, 5.41) is 14.8. The number of amides is 2. The van der Waals surface area contributed by atoms with E-state index in [9.17, 15) is 9.59 Å². The molecule has 2 amide bonds. The molecule has 0 spiro atoms. The summed E-state index contributed by atoms with van der Waals surface area (Å²) in [5.74, 6) is 1.26. The lowest BCUT2D eigenvalue weighted by atomic mass is 10.1. The number of hydrogen-bond donors (Lipinski definition) is 2. The van der Waals surface area contributed by atoms with Crippen molar-refractivity contribution in [1.29, 1.82) is 0 Å². The van der Waals surface area contributed by atoms with Crippen molar-refractivity contribution in [3.05, 3.63) is 70.0 Å². The van der Waals surface area contributed by atoms with Crippen LogP contribution >= 0.6 is 27.7 Å². The second-order valence-electron chi connectivity index (χ2n) is 7.80. The lowest BCUT2D eigenvalue weighted by Crippen LogP contribution is -2.25. The predicted octanol–water partition coefficient (Wildman–Crippen LogP) is 4.52. The number of hydrogen-bond acceptors (Lipinski definition) is 7. The molecule has 0 aliphatic rings. The largest absolute Gasteiger partial charge is 0.493 e. The Morgan fingerprint density at radius 3 is 2.44 bits per heavy atom. The van der Waals surface area contributed by atoms with Gasteiger partial charge in [-0.05, 0) is 55.3 Å². The minimum absolute atomic E-state index is 0.148. The van der Waals surface area contributed by atoms with Gasteiger partial charge in [0.1, 0.15) is 0 Å². The molecule has 0 bridgehead atoms. The predicted molar refractivity (Wildman–Crippen MR) is 144 cm³/mol. The maximum atomic E-state index is 12.7. The van der Waals surface area contributed by atoms with Gasteiger partial charge in [-0.1, -0.05) is 33.8 Å². The normalized spacial score (nSPS) is 10.6. The van der Waals surface area contributed by atoms with Crippen LogP contribution in [0.1, 0.15) is 27.3 Å². The van der Waals surface area contributed by atoms with E-state index in [1.165, 1.54) is 26.0 Å². The zero-order valence-electron chi connectivity index (χ0n) is 20.6. The van der Waals surface area contributed by atoms with Crippen LogP contribution in [0.3, 0.4) is 0 Å². The third kappa shape index (κ3) is 6.67. The topological polar surface area (TPSA) is 107 Å². The Bertz CT molecular complexity index is 1250. The number of anilines is 1. The molecule has 0 aliphatic carbocycles. The lowest BCUT2D eigenvalue weighted by Gasteiger charge is -2.13. The molecular formula is C25H28BrN5O4S. The minimum Gasteiger partial charge on any atom is -0.493 e. The van der Waals surface area contributed by atoms with E-state index in [1.54, 1.807) is 24.3 Å². The summed E-state index contributed by atoms with van der Waals surface area (Å²) in [6, 6.07) is 8.85. The molecule has 0 unspecified atom stereocenters. The van der Waals surface area contributed by atoms with Crippen LogP contribution in [-0.2, 0) is 17.9 Å². The number of halogens is 1. The highest BCUT2D eigenvalue weighted by Crippen LogP contribution is 2.28. The van der Waals surface area contributed by atoms with Crippen LogP contribution in [0.5, 0.6) is 11.5 Å². The molecule has 11 heteroatoms. The van der Waals surface area contributed by atoms with Gasteiger partial charge >= 0.3 is 0 Å². The molecule has 3 rings (SSSR count). The van der Waals surface area contributed by atoms with Gasteiger partial charge < -0.3 is 24.7 Å². The molecule has 2 N–H and O–H groups in total. The third-order valence-corrected chi connectivity index (χ3v) is 6.68. The zero-order chi connectivity index (χ0) is 26.2. The maximum absolute atomic E-state index is 12.7. The van der Waals surface area contributed by atoms with Crippen molar-refractivity contribution in [2.45, 2.75) is 32.1 Å². The Balaban J connectivity index is 1.65. The van der Waals surface area contributed by atoms with Crippen LogP contribution in [0.15, 0.2) is 52.6 Å². The molecule has 0 saturated heterocycles. The molecule has 0 radical (unpaired) electrons. The highest BCUT2D eigenvalue weighted by Gasteiger charge is 2.17. The molecule has 3 aromatic rings. The lowest BCUT2D eigenvalue weighted by molar-refractivity contribution is -0.113. The first-order valence-corrected chi connectivity index (χ1v) is 12.8. The molecule has 0 saturated carbocycles. The molecule has 0 aliphatic heterocycles. The molecular weight excluding hydrogens is 546 g/mol. The van der Waals surface area contributed by atoms with Crippen LogP contribution in [0.4, 0.5) is 5.69 Å². The van der Waals surface area contributed by atoms with Crippen molar-refractivity contribution < 1.29 is 19.1 Å². The summed E-state index contributed by atoms with van der Waals surface area (Å²) in [5.41, 5.74) is 3.17. The number of benzene rings is 2. The standard InChI is InChI=1S/C25H28BrN5O4S/c1-6-9-31-21(13-27-24(33)17-7-8-19(34-4)20(12-17)35-5)29-30-25(31)36-14-22(32)28-23-15(2)10-18(26)11-16(23)3/h6-8,10-12H,1,9,13-14H2,2-5H3,(H,27,33)(H,28,32). The molecule has 2 aromatic carbocycles. The first kappa shape index (κ1) is 27.3. The Morgan fingerprint density at radius 1 is 1.11 bits per heavy atom. The van der Waals surface area contributed by atoms with Gasteiger partial charge in [-0.25, -0.2) is 0 Å². The van der Waals surface area contributed by atoms with Crippen LogP contribution in [0, 0.1) is 13.8 Å². The summed E-state index contributed by atoms with van der Waals surface area (Å²) < 4.78 is 13.3. The van der Waals surface area contributed by atoms with Crippen LogP contribution < -0.4 is 20.1 Å². The van der Waals surface area contributed by atoms with Crippen molar-refractivity contribution in [2.75, 3.05) is 25.3 Å². The van der Waals surface area contributed by atoms with Crippen LogP contribution in [0.25, 0.3) is 0 Å². The molecule has 190 valence electrons. The summed E-state index contributed by atoms with van der Waals surface area (Å²) in [6.07, 6.45) is 1.71. The van der Waals surface area contributed by atoms with Crippen LogP contribution in [0.2, 0.25) is 0 Å². The average molecular weight is 575 g/mol. The van der Waals surface area contributed by atoms with Crippen LogP contribution in [-0.4, -0.2) is 46.6 Å². The highest BCUT2D eigenvalue weighted by molar-refractivity contribution is 9.10. The smallest absolute Gasteiger partial charge is 0.251 e. The number of rotatable bonds is 11. The van der Waals surface area contributed by atoms with Gasteiger partial charge in [0, 0.05) is 22.3 Å². The Kier molecular flexibility index (Phi) is 9.54. The van der Waals surface area contributed by atoms with E-state index >= 15 is 0 Å². The highest BCUT2D eigenvalue weighted by atomic mass is 79.9. The molecule has 0 fully saturated rings. The van der Waals surface area contributed by atoms with Crippen molar-refractivity contribution in [1.82, 2.24) is 20.1 Å². The van der Waals surface area contributed by atoms with E-state index in [0.717, 1.165) is 21.3 Å². The molecule has 9 nitrogen and oxygen atoms in total. The van der Waals surface area contributed by atoms with E-state index < -0.39 is 0 Å². The molecule has 1 heterocycles. The van der Waals surface area contributed by atoms with Crippen molar-refractivity contribution in [2.24, 2.45) is 0 Å². The summed E-state index contributed by atoms with van der Waals surface area (Å²) in [7, 11) is 3.05. The second kappa shape index (κ2) is 12.6. The number of aromatic nitrogens is 3. The van der Waals surface area contributed by atoms with Crippen molar-refractivity contribution in [3.8, 4) is 11.5 Å². The first-order chi connectivity index (χ1) is 17.3. The number of carbonyl (C=O) groups is 2. The Labute approximate surface area is 222 Å². The number of allylic oxidation sites excluding steroid dienone is 1. The summed E-state index contributed by atoms with van der Waals surface area (Å²) in [6.45, 7) is 8.27. The Hall–Kier alpha value is -3.31. The third-order valence-electron chi connectivity index (χ3n) is 5.25. The fourth-order valence-corrected chi connectivity index (χ4v) is 4.97. The molecule has 0 atom stereocenters. The number of aryl methyl sites for hydroxylation is 2. The quantitative estimate of drug-likeness (QED) is 0.256. The van der Waals surface area contributed by atoms with Crippen molar-refractivity contribution >= 4 is 45.2 Å². The fourth-order valence-electron chi connectivity index (χ4n) is 3.52. The van der Waals surface area contributed by atoms with Gasteiger partial charge in [-0.2, -0.15) is 0 Å². The van der Waals surface area contributed by atoms with Crippen molar-refractivity contribution in [3.63, 3.8) is 0 Å². The Morgan fingerprint density at radius 2 is 1.81 bits per heavy atom. The monoisotopic (exact) mass is 573 g/mol. The number of methoxy groups -OCH3 is 2. The molecule has 1 aromatic heterocycles. The maximum Gasteiger partial charge on any atom is 0.251 e. The first-order valence-electron chi connectivity index (χ1n) is 11.0. The number of thioether (sulfide) groups is 1. The number of nitrogens with zero attached hydrogens (tertiary/aromatic N) is 3. The van der Waals surface area contributed by atoms with E-state index in [-0.39, 0.29) is 24.1 Å². The number of ether oxygens (including phenoxy) is 2. The van der Waals surface area contributed by atoms with Gasteiger partial charge in [-0.15, -0.1) is 16.8 Å².